The Morgan fingerprint density at radius 1 is 1.08 bits per heavy atom. The number of benzene rings is 2. The minimum Gasteiger partial charge on any atom is -0.492 e. The van der Waals surface area contributed by atoms with Crippen LogP contribution in [0.5, 0.6) is 5.75 Å². The SMILES string of the molecule is CC(=O)NS(=O)(=O)NCCOc1ccc(Cc2cc(C3OC(CO)C(O)C(O)C3O)ccc2Cl)cc1. The van der Waals surface area contributed by atoms with E-state index in [1.807, 2.05) is 12.1 Å². The first kappa shape index (κ1) is 28.3. The summed E-state index contributed by atoms with van der Waals surface area (Å²) in [4.78, 5) is 10.8. The normalized spacial score (nSPS) is 24.3. The molecule has 6 N–H and O–H groups in total. The number of ether oxygens (including phenoxy) is 2. The first-order valence-corrected chi connectivity index (χ1v) is 13.0. The van der Waals surface area contributed by atoms with Crippen LogP contribution in [0, 0.1) is 0 Å². The van der Waals surface area contributed by atoms with Crippen molar-refractivity contribution < 1.29 is 43.1 Å². The lowest BCUT2D eigenvalue weighted by atomic mass is 9.90. The number of rotatable bonds is 10. The molecule has 0 radical (unpaired) electrons. The predicted molar refractivity (Wildman–Crippen MR) is 130 cm³/mol. The second kappa shape index (κ2) is 12.3. The first-order valence-electron chi connectivity index (χ1n) is 11.1. The maximum absolute atomic E-state index is 11.5. The maximum Gasteiger partial charge on any atom is 0.301 e. The van der Waals surface area contributed by atoms with E-state index in [1.165, 1.54) is 0 Å². The van der Waals surface area contributed by atoms with E-state index in [0.29, 0.717) is 22.8 Å². The zero-order valence-corrected chi connectivity index (χ0v) is 20.9. The highest BCUT2D eigenvalue weighted by Crippen LogP contribution is 2.34. The van der Waals surface area contributed by atoms with Crippen LogP contribution in [0.1, 0.15) is 29.7 Å². The van der Waals surface area contributed by atoms with Crippen LogP contribution in [0.2, 0.25) is 5.02 Å². The summed E-state index contributed by atoms with van der Waals surface area (Å²) in [6.07, 6.45) is -5.85. The van der Waals surface area contributed by atoms with Gasteiger partial charge in [-0.3, -0.25) is 4.79 Å². The van der Waals surface area contributed by atoms with Gasteiger partial charge in [-0.15, -0.1) is 0 Å². The molecule has 1 fully saturated rings. The van der Waals surface area contributed by atoms with Gasteiger partial charge in [0.25, 0.3) is 0 Å². The van der Waals surface area contributed by atoms with E-state index in [2.05, 4.69) is 4.72 Å². The van der Waals surface area contributed by atoms with Crippen molar-refractivity contribution in [2.45, 2.75) is 43.9 Å². The molecule has 198 valence electrons. The Bertz CT molecular complexity index is 1140. The molecule has 1 amide bonds. The van der Waals surface area contributed by atoms with Crippen molar-refractivity contribution in [2.75, 3.05) is 19.8 Å². The van der Waals surface area contributed by atoms with Crippen LogP contribution in [-0.2, 0) is 26.2 Å². The minimum atomic E-state index is -3.91. The van der Waals surface area contributed by atoms with Gasteiger partial charge in [-0.2, -0.15) is 13.1 Å². The maximum atomic E-state index is 11.5. The highest BCUT2D eigenvalue weighted by molar-refractivity contribution is 7.88. The number of hydrogen-bond donors (Lipinski definition) is 6. The molecule has 11 nitrogen and oxygen atoms in total. The monoisotopic (exact) mass is 544 g/mol. The number of amides is 1. The summed E-state index contributed by atoms with van der Waals surface area (Å²) in [5, 5.41) is 40.4. The number of hydrogen-bond acceptors (Lipinski definition) is 9. The van der Waals surface area contributed by atoms with Gasteiger partial charge in [0, 0.05) is 18.5 Å². The first-order chi connectivity index (χ1) is 17.0. The topological polar surface area (TPSA) is 175 Å². The molecule has 0 bridgehead atoms. The lowest BCUT2D eigenvalue weighted by Gasteiger charge is -2.40. The molecule has 0 spiro atoms. The van der Waals surface area contributed by atoms with E-state index in [9.17, 15) is 33.6 Å². The molecule has 5 atom stereocenters. The Labute approximate surface area is 213 Å². The summed E-state index contributed by atoms with van der Waals surface area (Å²) in [5.74, 6) is -0.184. The average molecular weight is 545 g/mol. The summed E-state index contributed by atoms with van der Waals surface area (Å²) in [6.45, 7) is 0.587. The summed E-state index contributed by atoms with van der Waals surface area (Å²) >= 11 is 6.37. The third-order valence-electron chi connectivity index (χ3n) is 5.55. The Balaban J connectivity index is 1.61. The number of halogens is 1. The molecule has 0 aromatic heterocycles. The van der Waals surface area contributed by atoms with E-state index in [0.717, 1.165) is 18.1 Å². The molecular formula is C23H29ClN2O9S. The summed E-state index contributed by atoms with van der Waals surface area (Å²) in [6, 6.07) is 12.1. The Hall–Kier alpha value is -2.29. The van der Waals surface area contributed by atoms with Gasteiger partial charge in [0.05, 0.1) is 6.61 Å². The Kier molecular flexibility index (Phi) is 9.66. The third-order valence-corrected chi connectivity index (χ3v) is 7.06. The average Bonchev–Trinajstić information content (AvgIpc) is 2.82. The van der Waals surface area contributed by atoms with Crippen LogP contribution in [0.25, 0.3) is 0 Å². The molecule has 36 heavy (non-hydrogen) atoms. The Morgan fingerprint density at radius 2 is 1.78 bits per heavy atom. The van der Waals surface area contributed by atoms with Crippen LogP contribution in [0.4, 0.5) is 0 Å². The fourth-order valence-electron chi connectivity index (χ4n) is 3.78. The molecule has 2 aromatic rings. The van der Waals surface area contributed by atoms with E-state index < -0.39 is 53.2 Å². The van der Waals surface area contributed by atoms with Gasteiger partial charge in [0.1, 0.15) is 42.9 Å². The highest BCUT2D eigenvalue weighted by Gasteiger charge is 2.44. The van der Waals surface area contributed by atoms with Crippen LogP contribution >= 0.6 is 11.6 Å². The van der Waals surface area contributed by atoms with E-state index >= 15 is 0 Å². The van der Waals surface area contributed by atoms with Crippen molar-refractivity contribution >= 4 is 27.7 Å². The largest absolute Gasteiger partial charge is 0.492 e. The van der Waals surface area contributed by atoms with Gasteiger partial charge < -0.3 is 29.9 Å². The molecule has 13 heteroatoms. The number of carbonyl (C=O) groups excluding carboxylic acids is 1. The molecule has 3 rings (SSSR count). The van der Waals surface area contributed by atoms with Crippen molar-refractivity contribution in [1.29, 1.82) is 0 Å². The van der Waals surface area contributed by atoms with E-state index in [4.69, 9.17) is 21.1 Å². The second-order valence-electron chi connectivity index (χ2n) is 8.33. The molecular weight excluding hydrogens is 516 g/mol. The number of aliphatic hydroxyl groups excluding tert-OH is 4. The van der Waals surface area contributed by atoms with Crippen LogP contribution in [0.3, 0.4) is 0 Å². The van der Waals surface area contributed by atoms with Gasteiger partial charge in [0.15, 0.2) is 0 Å². The predicted octanol–water partition coefficient (Wildman–Crippen LogP) is -0.205. The van der Waals surface area contributed by atoms with Gasteiger partial charge in [0.2, 0.25) is 5.91 Å². The van der Waals surface area contributed by atoms with Crippen molar-refractivity contribution in [3.8, 4) is 5.75 Å². The molecule has 0 aliphatic carbocycles. The highest BCUT2D eigenvalue weighted by atomic mass is 35.5. The van der Waals surface area contributed by atoms with Gasteiger partial charge in [-0.05, 0) is 41.3 Å². The van der Waals surface area contributed by atoms with E-state index in [1.54, 1.807) is 35.1 Å². The van der Waals surface area contributed by atoms with Crippen LogP contribution < -0.4 is 14.2 Å². The number of carbonyl (C=O) groups is 1. The third kappa shape index (κ3) is 7.37. The Morgan fingerprint density at radius 3 is 2.42 bits per heavy atom. The fourth-order valence-corrected chi connectivity index (χ4v) is 4.76. The van der Waals surface area contributed by atoms with Gasteiger partial charge in [-0.25, -0.2) is 4.72 Å². The second-order valence-corrected chi connectivity index (χ2v) is 10.2. The molecule has 0 saturated carbocycles. The van der Waals surface area contributed by atoms with E-state index in [-0.39, 0.29) is 13.2 Å². The van der Waals surface area contributed by atoms with Crippen molar-refractivity contribution in [3.05, 3.63) is 64.2 Å². The van der Waals surface area contributed by atoms with Crippen molar-refractivity contribution in [1.82, 2.24) is 9.44 Å². The lowest BCUT2D eigenvalue weighted by molar-refractivity contribution is -0.231. The zero-order valence-electron chi connectivity index (χ0n) is 19.4. The van der Waals surface area contributed by atoms with Crippen LogP contribution in [0.15, 0.2) is 42.5 Å². The fraction of sp³-hybridized carbons (Fsp3) is 0.435. The van der Waals surface area contributed by atoms with Crippen LogP contribution in [-0.4, -0.2) is 78.9 Å². The molecule has 1 aliphatic heterocycles. The summed E-state index contributed by atoms with van der Waals surface area (Å²) in [7, 11) is -3.91. The smallest absolute Gasteiger partial charge is 0.301 e. The zero-order chi connectivity index (χ0) is 26.5. The molecule has 2 aromatic carbocycles. The number of nitrogens with one attached hydrogen (secondary N) is 2. The molecule has 5 unspecified atom stereocenters. The van der Waals surface area contributed by atoms with Gasteiger partial charge >= 0.3 is 10.2 Å². The lowest BCUT2D eigenvalue weighted by Crippen LogP contribution is -2.55. The standard InChI is InChI=1S/C23H29ClN2O9S/c1-13(28)26-36(32,33)25-8-9-34-17-5-2-14(3-6-17)10-16-11-15(4-7-18(16)24)23-22(31)21(30)20(29)19(12-27)35-23/h2-7,11,19-23,25,27,29-31H,8-10,12H2,1H3,(H,26,28). The summed E-state index contributed by atoms with van der Waals surface area (Å²) < 4.78 is 38.2. The molecule has 1 aliphatic rings. The quantitative estimate of drug-likeness (QED) is 0.221. The molecule has 1 saturated heterocycles. The minimum absolute atomic E-state index is 0.0370. The van der Waals surface area contributed by atoms with Crippen molar-refractivity contribution in [3.63, 3.8) is 0 Å². The van der Waals surface area contributed by atoms with Gasteiger partial charge in [-0.1, -0.05) is 35.9 Å². The number of aliphatic hydroxyl groups is 4. The summed E-state index contributed by atoms with van der Waals surface area (Å²) in [5.41, 5.74) is 2.15. The van der Waals surface area contributed by atoms with Crippen molar-refractivity contribution in [2.24, 2.45) is 0 Å². The molecule has 1 heterocycles.